The zero-order chi connectivity index (χ0) is 7.28. The fourth-order valence-corrected chi connectivity index (χ4v) is 0.565. The van der Waals surface area contributed by atoms with Crippen molar-refractivity contribution in [2.45, 2.75) is 26.4 Å². The van der Waals surface area contributed by atoms with Crippen LogP contribution in [0.5, 0.6) is 0 Å². The van der Waals surface area contributed by atoms with E-state index >= 15 is 0 Å². The van der Waals surface area contributed by atoms with E-state index in [1.807, 2.05) is 19.9 Å². The van der Waals surface area contributed by atoms with Gasteiger partial charge in [-0.25, -0.2) is 0 Å². The average Bonchev–Trinajstić information content (AvgIpc) is 1.87. The molecule has 0 aliphatic carbocycles. The van der Waals surface area contributed by atoms with Crippen LogP contribution in [-0.2, 0) is 0 Å². The van der Waals surface area contributed by atoms with E-state index < -0.39 is 6.10 Å². The Morgan fingerprint density at radius 3 is 2.78 bits per heavy atom. The van der Waals surface area contributed by atoms with Crippen LogP contribution in [0, 0.1) is 12.3 Å². The topological polar surface area (TPSA) is 20.2 Å². The minimum atomic E-state index is -0.690. The molecule has 0 spiro atoms. The van der Waals surface area contributed by atoms with E-state index in [-0.39, 0.29) is 0 Å². The fraction of sp³-hybridized carbons (Fsp3) is 0.500. The van der Waals surface area contributed by atoms with Gasteiger partial charge >= 0.3 is 0 Å². The second-order valence-corrected chi connectivity index (χ2v) is 1.93. The molecule has 0 amide bonds. The second-order valence-electron chi connectivity index (χ2n) is 1.93. The Morgan fingerprint density at radius 1 is 1.89 bits per heavy atom. The first-order valence-corrected chi connectivity index (χ1v) is 3.03. The number of hydrogen-bond acceptors (Lipinski definition) is 1. The van der Waals surface area contributed by atoms with E-state index in [9.17, 15) is 0 Å². The monoisotopic (exact) mass is 124 g/mol. The van der Waals surface area contributed by atoms with Gasteiger partial charge in [-0.1, -0.05) is 18.9 Å². The molecule has 1 heteroatoms. The lowest BCUT2D eigenvalue weighted by Gasteiger charge is -2.00. The first kappa shape index (κ1) is 8.26. The van der Waals surface area contributed by atoms with Crippen molar-refractivity contribution in [2.75, 3.05) is 0 Å². The average molecular weight is 124 g/mol. The molecule has 1 atom stereocenters. The summed E-state index contributed by atoms with van der Waals surface area (Å²) in [5.41, 5.74) is 0.861. The lowest BCUT2D eigenvalue weighted by molar-refractivity contribution is 0.268. The summed E-state index contributed by atoms with van der Waals surface area (Å²) in [6.07, 6.45) is 7.11. The second kappa shape index (κ2) is 4.17. The van der Waals surface area contributed by atoms with E-state index in [1.165, 1.54) is 0 Å². The minimum absolute atomic E-state index is 0.690. The molecule has 0 rings (SSSR count). The van der Waals surface area contributed by atoms with Gasteiger partial charge in [-0.3, -0.25) is 0 Å². The predicted molar refractivity (Wildman–Crippen MR) is 38.9 cm³/mol. The van der Waals surface area contributed by atoms with Gasteiger partial charge in [-0.05, 0) is 18.9 Å². The summed E-state index contributed by atoms with van der Waals surface area (Å²) in [6, 6.07) is 0. The Hall–Kier alpha value is -0.740. The zero-order valence-corrected chi connectivity index (χ0v) is 5.89. The molecule has 0 saturated heterocycles. The predicted octanol–water partition coefficient (Wildman–Crippen LogP) is 1.34. The van der Waals surface area contributed by atoms with Gasteiger partial charge in [0.2, 0.25) is 0 Å². The van der Waals surface area contributed by atoms with Gasteiger partial charge in [0.1, 0.15) is 6.10 Å². The minimum Gasteiger partial charge on any atom is -0.376 e. The summed E-state index contributed by atoms with van der Waals surface area (Å²) >= 11 is 0. The van der Waals surface area contributed by atoms with Crippen LogP contribution in [0.3, 0.4) is 0 Å². The van der Waals surface area contributed by atoms with Crippen LogP contribution >= 0.6 is 0 Å². The highest BCUT2D eigenvalue weighted by atomic mass is 16.3. The molecule has 0 aliphatic heterocycles. The molecule has 0 aromatic carbocycles. The van der Waals surface area contributed by atoms with E-state index in [2.05, 4.69) is 5.92 Å². The number of aliphatic hydroxyl groups excluding tert-OH is 1. The summed E-state index contributed by atoms with van der Waals surface area (Å²) in [6.45, 7) is 3.83. The van der Waals surface area contributed by atoms with Gasteiger partial charge in [0.25, 0.3) is 0 Å². The number of aliphatic hydroxyl groups is 1. The SMILES string of the molecule is C#C[C@H](O)C(C)=CCC. The fourth-order valence-electron chi connectivity index (χ4n) is 0.565. The summed E-state index contributed by atoms with van der Waals surface area (Å²) in [5, 5.41) is 8.95. The van der Waals surface area contributed by atoms with Crippen molar-refractivity contribution in [3.8, 4) is 12.3 Å². The third kappa shape index (κ3) is 2.94. The van der Waals surface area contributed by atoms with E-state index in [4.69, 9.17) is 11.5 Å². The molecule has 0 saturated carbocycles. The molecular formula is C8H12O. The lowest BCUT2D eigenvalue weighted by Crippen LogP contribution is -2.03. The normalized spacial score (nSPS) is 14.7. The summed E-state index contributed by atoms with van der Waals surface area (Å²) in [4.78, 5) is 0. The smallest absolute Gasteiger partial charge is 0.135 e. The van der Waals surface area contributed by atoms with Gasteiger partial charge in [0.05, 0.1) is 0 Å². The van der Waals surface area contributed by atoms with Gasteiger partial charge < -0.3 is 5.11 Å². The highest BCUT2D eigenvalue weighted by Gasteiger charge is 1.97. The van der Waals surface area contributed by atoms with Gasteiger partial charge in [-0.15, -0.1) is 6.42 Å². The molecule has 0 fully saturated rings. The Labute approximate surface area is 56.4 Å². The van der Waals surface area contributed by atoms with Crippen molar-refractivity contribution in [3.05, 3.63) is 11.6 Å². The lowest BCUT2D eigenvalue weighted by atomic mass is 10.1. The molecule has 50 valence electrons. The van der Waals surface area contributed by atoms with Crippen LogP contribution in [0.15, 0.2) is 11.6 Å². The van der Waals surface area contributed by atoms with Crippen LogP contribution in [0.1, 0.15) is 20.3 Å². The molecule has 0 radical (unpaired) electrons. The number of terminal acetylenes is 1. The number of hydrogen-bond donors (Lipinski definition) is 1. The maximum atomic E-state index is 8.95. The molecule has 0 unspecified atom stereocenters. The molecule has 9 heavy (non-hydrogen) atoms. The van der Waals surface area contributed by atoms with Crippen molar-refractivity contribution >= 4 is 0 Å². The highest BCUT2D eigenvalue weighted by Crippen LogP contribution is 2.00. The Morgan fingerprint density at radius 2 is 2.44 bits per heavy atom. The molecule has 0 aliphatic rings. The van der Waals surface area contributed by atoms with E-state index in [0.29, 0.717) is 0 Å². The van der Waals surface area contributed by atoms with Crippen LogP contribution in [-0.4, -0.2) is 11.2 Å². The standard InChI is InChI=1S/C8H12O/c1-4-6-7(3)8(9)5-2/h2,6,8-9H,4H2,1,3H3/t8-/m0/s1. The van der Waals surface area contributed by atoms with Crippen LogP contribution in [0.2, 0.25) is 0 Å². The van der Waals surface area contributed by atoms with Gasteiger partial charge in [-0.2, -0.15) is 0 Å². The van der Waals surface area contributed by atoms with Gasteiger partial charge in [0, 0.05) is 0 Å². The molecule has 0 bridgehead atoms. The van der Waals surface area contributed by atoms with E-state index in [0.717, 1.165) is 12.0 Å². The number of allylic oxidation sites excluding steroid dienone is 1. The van der Waals surface area contributed by atoms with Crippen molar-refractivity contribution in [2.24, 2.45) is 0 Å². The summed E-state index contributed by atoms with van der Waals surface area (Å²) in [7, 11) is 0. The first-order chi connectivity index (χ1) is 4.22. The van der Waals surface area contributed by atoms with Crippen molar-refractivity contribution < 1.29 is 5.11 Å². The third-order valence-electron chi connectivity index (χ3n) is 1.12. The largest absolute Gasteiger partial charge is 0.376 e. The number of rotatable bonds is 2. The molecule has 1 nitrogen and oxygen atoms in total. The molecule has 0 aromatic rings. The molecule has 0 aromatic heterocycles. The summed E-state index contributed by atoms with van der Waals surface area (Å²) in [5.74, 6) is 2.24. The maximum absolute atomic E-state index is 8.95. The highest BCUT2D eigenvalue weighted by molar-refractivity contribution is 5.15. The quantitative estimate of drug-likeness (QED) is 0.435. The van der Waals surface area contributed by atoms with Crippen molar-refractivity contribution in [3.63, 3.8) is 0 Å². The zero-order valence-electron chi connectivity index (χ0n) is 5.89. The van der Waals surface area contributed by atoms with Crippen LogP contribution in [0.4, 0.5) is 0 Å². The maximum Gasteiger partial charge on any atom is 0.135 e. The Balaban J connectivity index is 3.89. The van der Waals surface area contributed by atoms with E-state index in [1.54, 1.807) is 0 Å². The third-order valence-corrected chi connectivity index (χ3v) is 1.12. The molecule has 1 N–H and O–H groups in total. The van der Waals surface area contributed by atoms with Crippen molar-refractivity contribution in [1.82, 2.24) is 0 Å². The van der Waals surface area contributed by atoms with Crippen LogP contribution < -0.4 is 0 Å². The van der Waals surface area contributed by atoms with Gasteiger partial charge in [0.15, 0.2) is 0 Å². The molecule has 0 heterocycles. The first-order valence-electron chi connectivity index (χ1n) is 3.03. The van der Waals surface area contributed by atoms with Crippen molar-refractivity contribution in [1.29, 1.82) is 0 Å². The molecular weight excluding hydrogens is 112 g/mol. The summed E-state index contributed by atoms with van der Waals surface area (Å²) < 4.78 is 0. The van der Waals surface area contributed by atoms with Crippen LogP contribution in [0.25, 0.3) is 0 Å². The Bertz CT molecular complexity index is 139. The Kier molecular flexibility index (Phi) is 3.83.